The summed E-state index contributed by atoms with van der Waals surface area (Å²) in [5.74, 6) is -0.949. The second kappa shape index (κ2) is 4.82. The maximum absolute atomic E-state index is 11.4. The third-order valence-corrected chi connectivity index (χ3v) is 3.79. The first kappa shape index (κ1) is 12.4. The molecule has 1 atom stereocenters. The van der Waals surface area contributed by atoms with Crippen LogP contribution in [0.15, 0.2) is 17.4 Å². The lowest BCUT2D eigenvalue weighted by Gasteiger charge is -2.13. The van der Waals surface area contributed by atoms with Crippen LogP contribution in [0.25, 0.3) is 11.0 Å². The Kier molecular flexibility index (Phi) is 3.16. The first-order valence-corrected chi connectivity index (χ1v) is 7.16. The Morgan fingerprint density at radius 1 is 1.63 bits per heavy atom. The minimum Gasteiger partial charge on any atom is -0.477 e. The molecule has 6 nitrogen and oxygen atoms in total. The van der Waals surface area contributed by atoms with Crippen LogP contribution in [0, 0.1) is 0 Å². The van der Waals surface area contributed by atoms with E-state index < -0.39 is 5.97 Å². The molecule has 2 aromatic heterocycles. The number of aromatic nitrogens is 3. The van der Waals surface area contributed by atoms with Gasteiger partial charge in [-0.3, -0.25) is 0 Å². The van der Waals surface area contributed by atoms with Crippen molar-refractivity contribution in [3.63, 3.8) is 0 Å². The molecule has 19 heavy (non-hydrogen) atoms. The minimum absolute atomic E-state index is 0.0354. The van der Waals surface area contributed by atoms with Gasteiger partial charge in [-0.15, -0.1) is 0 Å². The SMILES string of the molecule is CSc1ncc2cc(C(=O)O)n(C3CCOC3)c2n1. The van der Waals surface area contributed by atoms with Gasteiger partial charge in [-0.25, -0.2) is 14.8 Å². The van der Waals surface area contributed by atoms with Crippen molar-refractivity contribution in [3.8, 4) is 0 Å². The Bertz CT molecular complexity index is 634. The van der Waals surface area contributed by atoms with Crippen LogP contribution in [0.4, 0.5) is 0 Å². The maximum Gasteiger partial charge on any atom is 0.352 e. The molecule has 7 heteroatoms. The lowest BCUT2D eigenvalue weighted by atomic mass is 10.2. The molecular weight excluding hydrogens is 266 g/mol. The number of fused-ring (bicyclic) bond motifs is 1. The van der Waals surface area contributed by atoms with E-state index in [9.17, 15) is 9.90 Å². The molecule has 0 radical (unpaired) electrons. The quantitative estimate of drug-likeness (QED) is 0.682. The largest absolute Gasteiger partial charge is 0.477 e. The summed E-state index contributed by atoms with van der Waals surface area (Å²) in [4.78, 5) is 20.0. The molecule has 1 unspecified atom stereocenters. The minimum atomic E-state index is -0.949. The Hall–Kier alpha value is -1.60. The van der Waals surface area contributed by atoms with Crippen molar-refractivity contribution in [2.75, 3.05) is 19.5 Å². The van der Waals surface area contributed by atoms with Crippen molar-refractivity contribution >= 4 is 28.8 Å². The van der Waals surface area contributed by atoms with Gasteiger partial charge < -0.3 is 14.4 Å². The van der Waals surface area contributed by atoms with Crippen molar-refractivity contribution in [2.24, 2.45) is 0 Å². The van der Waals surface area contributed by atoms with Gasteiger partial charge in [0.15, 0.2) is 5.16 Å². The molecule has 1 aliphatic rings. The molecular formula is C12H13N3O3S. The summed E-state index contributed by atoms with van der Waals surface area (Å²) in [5.41, 5.74) is 0.922. The van der Waals surface area contributed by atoms with Gasteiger partial charge in [0.05, 0.1) is 12.6 Å². The first-order chi connectivity index (χ1) is 9.20. The number of aromatic carboxylic acids is 1. The fourth-order valence-electron chi connectivity index (χ4n) is 2.35. The van der Waals surface area contributed by atoms with Gasteiger partial charge in [0, 0.05) is 18.2 Å². The third kappa shape index (κ3) is 2.08. The number of carbonyl (C=O) groups is 1. The highest BCUT2D eigenvalue weighted by Crippen LogP contribution is 2.28. The lowest BCUT2D eigenvalue weighted by Crippen LogP contribution is -2.15. The molecule has 0 spiro atoms. The van der Waals surface area contributed by atoms with E-state index in [0.29, 0.717) is 24.0 Å². The molecule has 3 rings (SSSR count). The van der Waals surface area contributed by atoms with Crippen LogP contribution in [0.3, 0.4) is 0 Å². The van der Waals surface area contributed by atoms with Crippen molar-refractivity contribution in [1.29, 1.82) is 0 Å². The monoisotopic (exact) mass is 279 g/mol. The first-order valence-electron chi connectivity index (χ1n) is 5.93. The van der Waals surface area contributed by atoms with Crippen LogP contribution < -0.4 is 0 Å². The number of ether oxygens (including phenoxy) is 1. The molecule has 2 aromatic rings. The fourth-order valence-corrected chi connectivity index (χ4v) is 2.69. The summed E-state index contributed by atoms with van der Waals surface area (Å²) in [6.45, 7) is 1.19. The molecule has 0 saturated carbocycles. The van der Waals surface area contributed by atoms with Crippen molar-refractivity contribution in [1.82, 2.24) is 14.5 Å². The highest BCUT2D eigenvalue weighted by molar-refractivity contribution is 7.98. The summed E-state index contributed by atoms with van der Waals surface area (Å²) < 4.78 is 7.13. The molecule has 0 aliphatic carbocycles. The Labute approximate surface area is 113 Å². The van der Waals surface area contributed by atoms with Crippen LogP contribution >= 0.6 is 11.8 Å². The second-order valence-electron chi connectivity index (χ2n) is 4.36. The van der Waals surface area contributed by atoms with E-state index in [2.05, 4.69) is 9.97 Å². The van der Waals surface area contributed by atoms with Crippen LogP contribution in [0.2, 0.25) is 0 Å². The van der Waals surface area contributed by atoms with Crippen LogP contribution in [0.5, 0.6) is 0 Å². The Morgan fingerprint density at radius 3 is 3.11 bits per heavy atom. The normalized spacial score (nSPS) is 19.1. The Balaban J connectivity index is 2.23. The highest BCUT2D eigenvalue weighted by Gasteiger charge is 2.25. The Morgan fingerprint density at radius 2 is 2.47 bits per heavy atom. The van der Waals surface area contributed by atoms with Crippen LogP contribution in [-0.2, 0) is 4.74 Å². The van der Waals surface area contributed by atoms with E-state index in [-0.39, 0.29) is 11.7 Å². The van der Waals surface area contributed by atoms with Gasteiger partial charge in [0.1, 0.15) is 11.3 Å². The summed E-state index contributed by atoms with van der Waals surface area (Å²) in [5, 5.41) is 10.7. The summed E-state index contributed by atoms with van der Waals surface area (Å²) in [7, 11) is 0. The molecule has 1 fully saturated rings. The van der Waals surface area contributed by atoms with E-state index >= 15 is 0 Å². The average molecular weight is 279 g/mol. The van der Waals surface area contributed by atoms with E-state index in [1.165, 1.54) is 11.8 Å². The topological polar surface area (TPSA) is 77.2 Å². The van der Waals surface area contributed by atoms with Crippen LogP contribution in [0.1, 0.15) is 23.0 Å². The second-order valence-corrected chi connectivity index (χ2v) is 5.13. The number of carboxylic acids is 1. The van der Waals surface area contributed by atoms with Crippen molar-refractivity contribution in [2.45, 2.75) is 17.6 Å². The number of hydrogen-bond donors (Lipinski definition) is 1. The van der Waals surface area contributed by atoms with Crippen molar-refractivity contribution in [3.05, 3.63) is 18.0 Å². The van der Waals surface area contributed by atoms with Gasteiger partial charge in [-0.2, -0.15) is 0 Å². The molecule has 3 heterocycles. The van der Waals surface area contributed by atoms with Gasteiger partial charge in [0.2, 0.25) is 0 Å². The smallest absolute Gasteiger partial charge is 0.352 e. The summed E-state index contributed by atoms with van der Waals surface area (Å²) in [6.07, 6.45) is 4.38. The average Bonchev–Trinajstić information content (AvgIpc) is 3.04. The number of thioether (sulfide) groups is 1. The van der Waals surface area contributed by atoms with E-state index in [4.69, 9.17) is 4.74 Å². The summed E-state index contributed by atoms with van der Waals surface area (Å²) in [6, 6.07) is 1.66. The molecule has 1 N–H and O–H groups in total. The molecule has 0 amide bonds. The summed E-state index contributed by atoms with van der Waals surface area (Å²) >= 11 is 1.44. The number of hydrogen-bond acceptors (Lipinski definition) is 5. The highest BCUT2D eigenvalue weighted by atomic mass is 32.2. The maximum atomic E-state index is 11.4. The number of nitrogens with zero attached hydrogens (tertiary/aromatic N) is 3. The van der Waals surface area contributed by atoms with Gasteiger partial charge >= 0.3 is 5.97 Å². The molecule has 1 aliphatic heterocycles. The molecule has 100 valence electrons. The van der Waals surface area contributed by atoms with E-state index in [1.54, 1.807) is 16.8 Å². The van der Waals surface area contributed by atoms with E-state index in [0.717, 1.165) is 11.8 Å². The van der Waals surface area contributed by atoms with Gasteiger partial charge in [-0.1, -0.05) is 11.8 Å². The van der Waals surface area contributed by atoms with Crippen LogP contribution in [-0.4, -0.2) is 45.1 Å². The third-order valence-electron chi connectivity index (χ3n) is 3.23. The molecule has 0 aromatic carbocycles. The molecule has 1 saturated heterocycles. The van der Waals surface area contributed by atoms with E-state index in [1.807, 2.05) is 6.26 Å². The zero-order valence-electron chi connectivity index (χ0n) is 10.4. The number of rotatable bonds is 3. The zero-order valence-corrected chi connectivity index (χ0v) is 11.2. The predicted octanol–water partition coefficient (Wildman–Crippen LogP) is 1.81. The lowest BCUT2D eigenvalue weighted by molar-refractivity contribution is 0.0682. The van der Waals surface area contributed by atoms with Gasteiger partial charge in [0.25, 0.3) is 0 Å². The predicted molar refractivity (Wildman–Crippen MR) is 70.7 cm³/mol. The number of carboxylic acid groups (broad SMARTS) is 1. The van der Waals surface area contributed by atoms with Crippen molar-refractivity contribution < 1.29 is 14.6 Å². The molecule has 0 bridgehead atoms. The zero-order chi connectivity index (χ0) is 13.4. The van der Waals surface area contributed by atoms with Gasteiger partial charge in [-0.05, 0) is 18.7 Å². The standard InChI is InChI=1S/C12H13N3O3S/c1-19-12-13-5-7-4-9(11(16)17)15(10(7)14-12)8-2-3-18-6-8/h4-5,8H,2-3,6H2,1H3,(H,16,17). The fraction of sp³-hybridized carbons (Fsp3) is 0.417.